The van der Waals surface area contributed by atoms with Crippen LogP contribution in [0.2, 0.25) is 0 Å². The van der Waals surface area contributed by atoms with Gasteiger partial charge in [-0.15, -0.1) is 0 Å². The monoisotopic (exact) mass is 311 g/mol. The number of rotatable bonds is 4. The van der Waals surface area contributed by atoms with E-state index in [0.717, 1.165) is 17.1 Å². The van der Waals surface area contributed by atoms with Crippen molar-refractivity contribution in [3.8, 4) is 0 Å². The summed E-state index contributed by atoms with van der Waals surface area (Å²) in [6.07, 6.45) is 0. The van der Waals surface area contributed by atoms with Crippen LogP contribution in [0.25, 0.3) is 0 Å². The highest BCUT2D eigenvalue weighted by Crippen LogP contribution is 2.25. The second-order valence-electron chi connectivity index (χ2n) is 5.34. The van der Waals surface area contributed by atoms with E-state index in [1.807, 2.05) is 19.9 Å². The molecule has 0 saturated heterocycles. The molecule has 0 saturated carbocycles. The SMILES string of the molecule is Cc1cc([C@@H](C)NS(=O)(=O)c2c(C)nn(C)c2C)c(C)o1. The second kappa shape index (κ2) is 5.31. The van der Waals surface area contributed by atoms with Crippen LogP contribution < -0.4 is 4.72 Å². The minimum atomic E-state index is -3.63. The van der Waals surface area contributed by atoms with Gasteiger partial charge in [0.2, 0.25) is 10.0 Å². The van der Waals surface area contributed by atoms with Gasteiger partial charge in [0.05, 0.1) is 11.4 Å². The Labute approximate surface area is 125 Å². The molecule has 0 spiro atoms. The average Bonchev–Trinajstić information content (AvgIpc) is 2.79. The molecule has 1 N–H and O–H groups in total. The highest BCUT2D eigenvalue weighted by Gasteiger charge is 2.26. The Balaban J connectivity index is 2.35. The highest BCUT2D eigenvalue weighted by atomic mass is 32.2. The fourth-order valence-electron chi connectivity index (χ4n) is 2.58. The topological polar surface area (TPSA) is 77.1 Å². The molecule has 0 aliphatic heterocycles. The fraction of sp³-hybridized carbons (Fsp3) is 0.500. The van der Waals surface area contributed by atoms with E-state index >= 15 is 0 Å². The molecule has 1 atom stereocenters. The lowest BCUT2D eigenvalue weighted by molar-refractivity contribution is 0.496. The van der Waals surface area contributed by atoms with Crippen LogP contribution in [0.3, 0.4) is 0 Å². The Morgan fingerprint density at radius 1 is 1.29 bits per heavy atom. The molecule has 0 amide bonds. The van der Waals surface area contributed by atoms with E-state index in [4.69, 9.17) is 4.42 Å². The number of hydrogen-bond donors (Lipinski definition) is 1. The largest absolute Gasteiger partial charge is 0.466 e. The van der Waals surface area contributed by atoms with Crippen molar-refractivity contribution < 1.29 is 12.8 Å². The lowest BCUT2D eigenvalue weighted by atomic mass is 10.1. The first kappa shape index (κ1) is 15.8. The van der Waals surface area contributed by atoms with Crippen LogP contribution in [0.4, 0.5) is 0 Å². The number of sulfonamides is 1. The van der Waals surface area contributed by atoms with Crippen LogP contribution in [0.5, 0.6) is 0 Å². The summed E-state index contributed by atoms with van der Waals surface area (Å²) in [5.74, 6) is 1.49. The van der Waals surface area contributed by atoms with Crippen molar-refractivity contribution in [2.45, 2.75) is 45.6 Å². The normalized spacial score (nSPS) is 13.6. The van der Waals surface area contributed by atoms with Gasteiger partial charge in [-0.2, -0.15) is 5.10 Å². The van der Waals surface area contributed by atoms with Gasteiger partial charge in [0, 0.05) is 18.7 Å². The summed E-state index contributed by atoms with van der Waals surface area (Å²) in [4.78, 5) is 0.245. The zero-order valence-electron chi connectivity index (χ0n) is 13.2. The smallest absolute Gasteiger partial charge is 0.244 e. The number of aromatic nitrogens is 2. The Bertz CT molecular complexity index is 772. The van der Waals surface area contributed by atoms with Gasteiger partial charge >= 0.3 is 0 Å². The molecule has 2 aromatic heterocycles. The summed E-state index contributed by atoms with van der Waals surface area (Å²) in [5, 5.41) is 4.16. The Morgan fingerprint density at radius 2 is 1.90 bits per heavy atom. The van der Waals surface area contributed by atoms with E-state index < -0.39 is 10.0 Å². The van der Waals surface area contributed by atoms with Crippen LogP contribution in [0.1, 0.15) is 41.4 Å². The highest BCUT2D eigenvalue weighted by molar-refractivity contribution is 7.89. The first-order valence-corrected chi connectivity index (χ1v) is 8.21. The zero-order chi connectivity index (χ0) is 15.9. The number of nitrogens with one attached hydrogen (secondary N) is 1. The van der Waals surface area contributed by atoms with Crippen molar-refractivity contribution in [3.63, 3.8) is 0 Å². The predicted molar refractivity (Wildman–Crippen MR) is 79.6 cm³/mol. The molecule has 0 radical (unpaired) electrons. The molecule has 7 heteroatoms. The molecule has 0 aliphatic carbocycles. The third-order valence-corrected chi connectivity index (χ3v) is 5.38. The molecule has 0 fully saturated rings. The van der Waals surface area contributed by atoms with Crippen molar-refractivity contribution in [1.82, 2.24) is 14.5 Å². The molecular weight excluding hydrogens is 290 g/mol. The van der Waals surface area contributed by atoms with Gasteiger partial charge in [0.15, 0.2) is 0 Å². The van der Waals surface area contributed by atoms with Crippen LogP contribution in [-0.4, -0.2) is 18.2 Å². The number of nitrogens with zero attached hydrogens (tertiary/aromatic N) is 2. The summed E-state index contributed by atoms with van der Waals surface area (Å²) in [6, 6.07) is 1.48. The molecule has 0 bridgehead atoms. The maximum Gasteiger partial charge on any atom is 0.244 e. The molecule has 2 heterocycles. The van der Waals surface area contributed by atoms with E-state index in [0.29, 0.717) is 11.4 Å². The molecule has 0 unspecified atom stereocenters. The summed E-state index contributed by atoms with van der Waals surface area (Å²) < 4.78 is 34.9. The molecule has 21 heavy (non-hydrogen) atoms. The maximum atomic E-state index is 12.6. The average molecular weight is 311 g/mol. The van der Waals surface area contributed by atoms with E-state index in [1.165, 1.54) is 0 Å². The number of aryl methyl sites for hydroxylation is 4. The third-order valence-electron chi connectivity index (χ3n) is 3.59. The number of hydrogen-bond acceptors (Lipinski definition) is 4. The fourth-order valence-corrected chi connectivity index (χ4v) is 4.24. The van der Waals surface area contributed by atoms with Crippen molar-refractivity contribution >= 4 is 10.0 Å². The van der Waals surface area contributed by atoms with E-state index in [-0.39, 0.29) is 10.9 Å². The molecule has 0 aromatic carbocycles. The van der Waals surface area contributed by atoms with Gasteiger partial charge < -0.3 is 4.42 Å². The van der Waals surface area contributed by atoms with Crippen LogP contribution in [-0.2, 0) is 17.1 Å². The molecular formula is C14H21N3O3S. The molecule has 0 aliphatic rings. The number of furan rings is 1. The van der Waals surface area contributed by atoms with E-state index in [1.54, 1.807) is 32.5 Å². The maximum absolute atomic E-state index is 12.6. The predicted octanol–water partition coefficient (Wildman–Crippen LogP) is 2.29. The van der Waals surface area contributed by atoms with Gasteiger partial charge in [-0.25, -0.2) is 13.1 Å². The summed E-state index contributed by atoms with van der Waals surface area (Å²) >= 11 is 0. The molecule has 6 nitrogen and oxygen atoms in total. The molecule has 116 valence electrons. The zero-order valence-corrected chi connectivity index (χ0v) is 14.0. The van der Waals surface area contributed by atoms with Crippen LogP contribution in [0, 0.1) is 27.7 Å². The Kier molecular flexibility index (Phi) is 3.99. The van der Waals surface area contributed by atoms with Gasteiger partial charge in [0.1, 0.15) is 16.4 Å². The van der Waals surface area contributed by atoms with Crippen LogP contribution in [0.15, 0.2) is 15.4 Å². The molecule has 2 aromatic rings. The van der Waals surface area contributed by atoms with Crippen molar-refractivity contribution in [2.24, 2.45) is 7.05 Å². The summed E-state index contributed by atoms with van der Waals surface area (Å²) in [6.45, 7) is 8.91. The minimum Gasteiger partial charge on any atom is -0.466 e. The third kappa shape index (κ3) is 2.89. The lowest BCUT2D eigenvalue weighted by Gasteiger charge is -2.14. The van der Waals surface area contributed by atoms with Gasteiger partial charge in [-0.05, 0) is 40.7 Å². The van der Waals surface area contributed by atoms with Gasteiger partial charge in [0.25, 0.3) is 0 Å². The van der Waals surface area contributed by atoms with Crippen molar-refractivity contribution in [1.29, 1.82) is 0 Å². The quantitative estimate of drug-likeness (QED) is 0.939. The van der Waals surface area contributed by atoms with Crippen LogP contribution >= 0.6 is 0 Å². The Hall–Kier alpha value is -1.60. The molecule has 2 rings (SSSR count). The van der Waals surface area contributed by atoms with Gasteiger partial charge in [-0.3, -0.25) is 4.68 Å². The summed E-state index contributed by atoms with van der Waals surface area (Å²) in [5.41, 5.74) is 1.96. The summed E-state index contributed by atoms with van der Waals surface area (Å²) in [7, 11) is -1.90. The van der Waals surface area contributed by atoms with Gasteiger partial charge in [-0.1, -0.05) is 0 Å². The standard InChI is InChI=1S/C14H21N3O3S/c1-8-7-13(12(5)20-8)9(2)16-21(18,19)14-10(3)15-17(6)11(14)4/h7,9,16H,1-6H3/t9-/m1/s1. The first-order chi connectivity index (χ1) is 9.63. The van der Waals surface area contributed by atoms with E-state index in [9.17, 15) is 8.42 Å². The van der Waals surface area contributed by atoms with Crippen molar-refractivity contribution in [3.05, 3.63) is 34.5 Å². The van der Waals surface area contributed by atoms with Crippen molar-refractivity contribution in [2.75, 3.05) is 0 Å². The Morgan fingerprint density at radius 3 is 2.33 bits per heavy atom. The minimum absolute atomic E-state index is 0.245. The van der Waals surface area contributed by atoms with E-state index in [2.05, 4.69) is 9.82 Å². The lowest BCUT2D eigenvalue weighted by Crippen LogP contribution is -2.28. The second-order valence-corrected chi connectivity index (χ2v) is 6.99. The first-order valence-electron chi connectivity index (χ1n) is 6.73.